The van der Waals surface area contributed by atoms with Crippen molar-refractivity contribution in [1.29, 1.82) is 0 Å². The molecule has 0 saturated carbocycles. The van der Waals surface area contributed by atoms with E-state index in [1.165, 1.54) is 12.1 Å². The monoisotopic (exact) mass is 426 g/mol. The van der Waals surface area contributed by atoms with Crippen molar-refractivity contribution in [2.24, 2.45) is 0 Å². The maximum atomic E-state index is 13.3. The Morgan fingerprint density at radius 3 is 2.42 bits per heavy atom. The summed E-state index contributed by atoms with van der Waals surface area (Å²) >= 11 is 0. The Balaban J connectivity index is 1.76. The van der Waals surface area contributed by atoms with E-state index in [0.29, 0.717) is 23.9 Å². The summed E-state index contributed by atoms with van der Waals surface area (Å²) in [6, 6.07) is 12.0. The average molecular weight is 426 g/mol. The van der Waals surface area contributed by atoms with E-state index in [1.54, 1.807) is 31.0 Å². The molecule has 2 aromatic carbocycles. The minimum atomic E-state index is -0.267. The number of likely N-dealkylation sites (N-methyl/N-ethyl adjacent to an activating group) is 1. The van der Waals surface area contributed by atoms with Crippen LogP contribution in [0, 0.1) is 5.82 Å². The first-order chi connectivity index (χ1) is 15.1. The number of piperazine rings is 1. The number of nitrogens with zero attached hydrogens (tertiary/aromatic N) is 6. The molecule has 0 spiro atoms. The number of ether oxygens (including phenoxy) is 2. The molecule has 0 bridgehead atoms. The largest absolute Gasteiger partial charge is 0.493 e. The topological polar surface area (TPSA) is 68.5 Å². The molecule has 0 aliphatic carbocycles. The van der Waals surface area contributed by atoms with Crippen LogP contribution in [0.4, 0.5) is 4.39 Å². The fourth-order valence-electron chi connectivity index (χ4n) is 3.99. The summed E-state index contributed by atoms with van der Waals surface area (Å²) in [7, 11) is 5.39. The summed E-state index contributed by atoms with van der Waals surface area (Å²) in [6.07, 6.45) is 0. The molecule has 1 aromatic heterocycles. The zero-order chi connectivity index (χ0) is 21.8. The van der Waals surface area contributed by atoms with E-state index in [0.717, 1.165) is 37.3 Å². The lowest BCUT2D eigenvalue weighted by molar-refractivity contribution is 0.120. The predicted octanol–water partition coefficient (Wildman–Crippen LogP) is 2.21. The average Bonchev–Trinajstić information content (AvgIpc) is 3.24. The number of para-hydroxylation sites is 1. The number of hydrogen-bond acceptors (Lipinski definition) is 7. The summed E-state index contributed by atoms with van der Waals surface area (Å²) in [5, 5.41) is 12.6. The van der Waals surface area contributed by atoms with E-state index >= 15 is 0 Å². The summed E-state index contributed by atoms with van der Waals surface area (Å²) < 4.78 is 26.4. The van der Waals surface area contributed by atoms with Crippen molar-refractivity contribution < 1.29 is 13.9 Å². The maximum Gasteiger partial charge on any atom is 0.173 e. The Bertz CT molecular complexity index is 1000. The molecule has 1 fully saturated rings. The lowest BCUT2D eigenvalue weighted by Crippen LogP contribution is -2.46. The van der Waals surface area contributed by atoms with Crippen LogP contribution in [0.25, 0.3) is 0 Å². The summed E-state index contributed by atoms with van der Waals surface area (Å²) in [5.74, 6) is 1.78. The number of benzene rings is 2. The van der Waals surface area contributed by atoms with Crippen LogP contribution in [0.2, 0.25) is 0 Å². The molecule has 0 amide bonds. The molecule has 1 unspecified atom stereocenters. The van der Waals surface area contributed by atoms with Crippen LogP contribution in [0.3, 0.4) is 0 Å². The second kappa shape index (κ2) is 9.40. The number of rotatable bonds is 7. The van der Waals surface area contributed by atoms with Crippen LogP contribution in [-0.2, 0) is 6.54 Å². The number of methoxy groups -OCH3 is 2. The van der Waals surface area contributed by atoms with Crippen LogP contribution >= 0.6 is 0 Å². The van der Waals surface area contributed by atoms with Crippen molar-refractivity contribution in [2.75, 3.05) is 47.4 Å². The van der Waals surface area contributed by atoms with Crippen LogP contribution < -0.4 is 9.47 Å². The van der Waals surface area contributed by atoms with Crippen LogP contribution in [0.1, 0.15) is 23.0 Å². The van der Waals surface area contributed by atoms with Gasteiger partial charge in [-0.3, -0.25) is 4.90 Å². The lowest BCUT2D eigenvalue weighted by Gasteiger charge is -2.38. The smallest absolute Gasteiger partial charge is 0.173 e. The molecule has 0 N–H and O–H groups in total. The van der Waals surface area contributed by atoms with Crippen molar-refractivity contribution in [1.82, 2.24) is 30.0 Å². The molecule has 1 aliphatic rings. The highest BCUT2D eigenvalue weighted by Crippen LogP contribution is 2.39. The van der Waals surface area contributed by atoms with Gasteiger partial charge in [-0.05, 0) is 41.2 Å². The normalized spacial score (nSPS) is 16.3. The first kappa shape index (κ1) is 21.2. The van der Waals surface area contributed by atoms with E-state index in [1.807, 2.05) is 18.2 Å². The number of tetrazole rings is 1. The predicted molar refractivity (Wildman–Crippen MR) is 114 cm³/mol. The van der Waals surface area contributed by atoms with Crippen LogP contribution in [0.15, 0.2) is 42.5 Å². The molecule has 8 nitrogen and oxygen atoms in total. The molecule has 3 aromatic rings. The third kappa shape index (κ3) is 4.52. The van der Waals surface area contributed by atoms with E-state index in [-0.39, 0.29) is 11.9 Å². The highest BCUT2D eigenvalue weighted by Gasteiger charge is 2.33. The molecule has 2 heterocycles. The Kier molecular flexibility index (Phi) is 6.43. The first-order valence-corrected chi connectivity index (χ1v) is 10.2. The minimum absolute atomic E-state index is 0.214. The van der Waals surface area contributed by atoms with Crippen LogP contribution in [-0.4, -0.2) is 77.5 Å². The van der Waals surface area contributed by atoms with Crippen molar-refractivity contribution in [2.45, 2.75) is 12.6 Å². The van der Waals surface area contributed by atoms with Gasteiger partial charge in [0.1, 0.15) is 11.9 Å². The Morgan fingerprint density at radius 1 is 1.00 bits per heavy atom. The zero-order valence-corrected chi connectivity index (χ0v) is 18.0. The van der Waals surface area contributed by atoms with E-state index in [4.69, 9.17) is 9.47 Å². The fourth-order valence-corrected chi connectivity index (χ4v) is 3.99. The minimum Gasteiger partial charge on any atom is -0.493 e. The summed E-state index contributed by atoms with van der Waals surface area (Å²) in [6.45, 7) is 4.07. The van der Waals surface area contributed by atoms with Crippen molar-refractivity contribution in [3.63, 3.8) is 0 Å². The highest BCUT2D eigenvalue weighted by atomic mass is 19.1. The van der Waals surface area contributed by atoms with Gasteiger partial charge in [0.2, 0.25) is 0 Å². The third-order valence-electron chi connectivity index (χ3n) is 5.68. The standard InChI is InChI=1S/C22H27FN6O2/c1-27-11-13-28(14-12-27)20(18-5-4-6-19(30-2)21(18)31-3)22-24-25-26-29(22)15-16-7-9-17(23)10-8-16/h4-10,20H,11-15H2,1-3H3. The van der Waals surface area contributed by atoms with Gasteiger partial charge in [0, 0.05) is 31.7 Å². The molecule has 31 heavy (non-hydrogen) atoms. The Labute approximate surface area is 181 Å². The quantitative estimate of drug-likeness (QED) is 0.574. The van der Waals surface area contributed by atoms with Crippen molar-refractivity contribution in [3.8, 4) is 11.5 Å². The van der Waals surface area contributed by atoms with Crippen molar-refractivity contribution in [3.05, 3.63) is 65.2 Å². The van der Waals surface area contributed by atoms with Gasteiger partial charge in [-0.15, -0.1) is 5.10 Å². The van der Waals surface area contributed by atoms with Gasteiger partial charge < -0.3 is 14.4 Å². The second-order valence-corrected chi connectivity index (χ2v) is 7.65. The molecular formula is C22H27FN6O2. The van der Waals surface area contributed by atoms with Crippen LogP contribution in [0.5, 0.6) is 11.5 Å². The number of aromatic nitrogens is 4. The van der Waals surface area contributed by atoms with Crippen molar-refractivity contribution >= 4 is 0 Å². The highest BCUT2D eigenvalue weighted by molar-refractivity contribution is 5.49. The van der Waals surface area contributed by atoms with Gasteiger partial charge in [-0.1, -0.05) is 24.3 Å². The van der Waals surface area contributed by atoms with Gasteiger partial charge in [0.15, 0.2) is 17.3 Å². The molecule has 1 atom stereocenters. The SMILES string of the molecule is COc1cccc(C(c2nnnn2Cc2ccc(F)cc2)N2CCN(C)CC2)c1OC. The van der Waals surface area contributed by atoms with E-state index in [9.17, 15) is 4.39 Å². The molecule has 1 saturated heterocycles. The lowest BCUT2D eigenvalue weighted by atomic mass is 10.0. The van der Waals surface area contributed by atoms with Gasteiger partial charge in [-0.2, -0.15) is 0 Å². The number of hydrogen-bond donors (Lipinski definition) is 0. The molecule has 0 radical (unpaired) electrons. The van der Waals surface area contributed by atoms with Gasteiger partial charge in [0.25, 0.3) is 0 Å². The second-order valence-electron chi connectivity index (χ2n) is 7.65. The maximum absolute atomic E-state index is 13.3. The van der Waals surface area contributed by atoms with E-state index in [2.05, 4.69) is 32.4 Å². The third-order valence-corrected chi connectivity index (χ3v) is 5.68. The molecule has 164 valence electrons. The zero-order valence-electron chi connectivity index (χ0n) is 18.0. The number of halogens is 1. The Morgan fingerprint density at radius 2 is 1.74 bits per heavy atom. The first-order valence-electron chi connectivity index (χ1n) is 10.2. The van der Waals surface area contributed by atoms with Gasteiger partial charge in [-0.25, -0.2) is 9.07 Å². The molecule has 9 heteroatoms. The molecule has 4 rings (SSSR count). The van der Waals surface area contributed by atoms with E-state index < -0.39 is 0 Å². The molecule has 1 aliphatic heterocycles. The Hall–Kier alpha value is -3.04. The fraction of sp³-hybridized carbons (Fsp3) is 0.409. The van der Waals surface area contributed by atoms with Gasteiger partial charge in [0.05, 0.1) is 20.8 Å². The molecular weight excluding hydrogens is 399 g/mol. The van der Waals surface area contributed by atoms with Gasteiger partial charge >= 0.3 is 0 Å². The summed E-state index contributed by atoms with van der Waals surface area (Å²) in [4.78, 5) is 4.67. The summed E-state index contributed by atoms with van der Waals surface area (Å²) in [5.41, 5.74) is 1.87.